The van der Waals surface area contributed by atoms with Crippen molar-refractivity contribution >= 4 is 11.6 Å². The maximum atomic E-state index is 6.16. The summed E-state index contributed by atoms with van der Waals surface area (Å²) in [5.74, 6) is 2.74. The number of imidazole rings is 1. The maximum absolute atomic E-state index is 6.16. The first-order valence-corrected chi connectivity index (χ1v) is 10.3. The summed E-state index contributed by atoms with van der Waals surface area (Å²) in [5.41, 5.74) is 5.74. The fourth-order valence-electron chi connectivity index (χ4n) is 4.21. The van der Waals surface area contributed by atoms with E-state index in [1.54, 1.807) is 14.2 Å². The number of rotatable bonds is 4. The summed E-state index contributed by atoms with van der Waals surface area (Å²) >= 11 is 6.16. The second kappa shape index (κ2) is 8.77. The molecule has 0 saturated carbocycles. The average Bonchev–Trinajstić information content (AvgIpc) is 3.19. The van der Waals surface area contributed by atoms with Crippen LogP contribution in [0.15, 0.2) is 72.9 Å². The lowest BCUT2D eigenvalue weighted by molar-refractivity contribution is -0.606. The molecule has 4 nitrogen and oxygen atoms in total. The second-order valence-electron chi connectivity index (χ2n) is 7.31. The van der Waals surface area contributed by atoms with E-state index in [2.05, 4.69) is 57.8 Å². The molecular weight excluding hydrogens is 476 g/mol. The normalized spacial score (nSPS) is 11.8. The number of fused-ring (bicyclic) bond motifs is 3. The summed E-state index contributed by atoms with van der Waals surface area (Å²) in [4.78, 5) is 0. The monoisotopic (exact) mass is 496 g/mol. The van der Waals surface area contributed by atoms with E-state index in [1.165, 1.54) is 17.1 Å². The number of ether oxygens (including phenoxy) is 2. The molecule has 1 aromatic heterocycles. The Hall–Kier alpha value is -2.76. The van der Waals surface area contributed by atoms with Crippen LogP contribution in [-0.4, -0.2) is 18.8 Å². The van der Waals surface area contributed by atoms with E-state index < -0.39 is 0 Å². The Balaban J connectivity index is 0.00000231. The number of hydrogen-bond donors (Lipinski definition) is 0. The van der Waals surface area contributed by atoms with Crippen LogP contribution >= 0.6 is 11.6 Å². The third-order valence-electron chi connectivity index (χ3n) is 5.67. The Kier molecular flexibility index (Phi) is 6.08. The van der Waals surface area contributed by atoms with Crippen molar-refractivity contribution in [2.45, 2.75) is 12.8 Å². The molecule has 5 rings (SSSR count). The van der Waals surface area contributed by atoms with Crippen LogP contribution in [0.2, 0.25) is 5.02 Å². The smallest absolute Gasteiger partial charge is 0.267 e. The molecule has 0 fully saturated rings. The van der Waals surface area contributed by atoms with E-state index in [0.717, 1.165) is 46.3 Å². The lowest BCUT2D eigenvalue weighted by atomic mass is 10.0. The number of methoxy groups -OCH3 is 2. The minimum atomic E-state index is 0. The molecule has 2 heterocycles. The van der Waals surface area contributed by atoms with Crippen LogP contribution in [0.5, 0.6) is 11.5 Å². The Morgan fingerprint density at radius 1 is 0.903 bits per heavy atom. The van der Waals surface area contributed by atoms with E-state index in [1.807, 2.05) is 24.3 Å². The van der Waals surface area contributed by atoms with Crippen molar-refractivity contribution in [1.29, 1.82) is 0 Å². The van der Waals surface area contributed by atoms with Crippen molar-refractivity contribution in [3.8, 4) is 34.1 Å². The van der Waals surface area contributed by atoms with Gasteiger partial charge in [0.15, 0.2) is 17.1 Å². The van der Waals surface area contributed by atoms with Gasteiger partial charge < -0.3 is 26.5 Å². The minimum Gasteiger partial charge on any atom is -1.00 e. The van der Waals surface area contributed by atoms with Crippen LogP contribution in [0.1, 0.15) is 11.4 Å². The summed E-state index contributed by atoms with van der Waals surface area (Å²) in [6, 6.07) is 22.5. The maximum Gasteiger partial charge on any atom is 0.267 e. The first-order chi connectivity index (χ1) is 14.7. The van der Waals surface area contributed by atoms with Gasteiger partial charge in [-0.3, -0.25) is 0 Å². The van der Waals surface area contributed by atoms with E-state index in [4.69, 9.17) is 21.1 Å². The molecule has 0 N–H and O–H groups in total. The zero-order chi connectivity index (χ0) is 20.7. The highest BCUT2D eigenvalue weighted by Crippen LogP contribution is 2.35. The van der Waals surface area contributed by atoms with Crippen LogP contribution in [0.4, 0.5) is 0 Å². The van der Waals surface area contributed by atoms with Gasteiger partial charge in [-0.15, -0.1) is 0 Å². The van der Waals surface area contributed by atoms with E-state index in [0.29, 0.717) is 0 Å². The summed E-state index contributed by atoms with van der Waals surface area (Å²) in [6.07, 6.45) is 4.14. The largest absolute Gasteiger partial charge is 1.00 e. The van der Waals surface area contributed by atoms with Crippen molar-refractivity contribution in [3.63, 3.8) is 0 Å². The van der Waals surface area contributed by atoms with Crippen molar-refractivity contribution in [2.75, 3.05) is 14.2 Å². The number of halogens is 2. The van der Waals surface area contributed by atoms with Crippen molar-refractivity contribution in [1.82, 2.24) is 4.57 Å². The SMILES string of the molecule is COc1ccc(-n2c(-c3ccc(Cl)cc3)c[n+]3c2CCc2ccccc2-3)c(OC)c1.[Br-]. The lowest BCUT2D eigenvalue weighted by Gasteiger charge is -2.15. The third-order valence-corrected chi connectivity index (χ3v) is 5.92. The molecule has 0 unspecified atom stereocenters. The quantitative estimate of drug-likeness (QED) is 0.404. The van der Waals surface area contributed by atoms with E-state index in [-0.39, 0.29) is 17.0 Å². The summed E-state index contributed by atoms with van der Waals surface area (Å²) in [7, 11) is 3.36. The van der Waals surface area contributed by atoms with Gasteiger partial charge >= 0.3 is 0 Å². The fourth-order valence-corrected chi connectivity index (χ4v) is 4.33. The van der Waals surface area contributed by atoms with Crippen LogP contribution in [0.3, 0.4) is 0 Å². The third kappa shape index (κ3) is 3.73. The van der Waals surface area contributed by atoms with Crippen LogP contribution in [0.25, 0.3) is 22.6 Å². The van der Waals surface area contributed by atoms with Crippen LogP contribution in [-0.2, 0) is 12.8 Å². The van der Waals surface area contributed by atoms with Crippen LogP contribution < -0.4 is 31.0 Å². The zero-order valence-corrected chi connectivity index (χ0v) is 19.7. The van der Waals surface area contributed by atoms with E-state index in [9.17, 15) is 0 Å². The Morgan fingerprint density at radius 3 is 2.42 bits per heavy atom. The van der Waals surface area contributed by atoms with Crippen molar-refractivity contribution < 1.29 is 31.0 Å². The summed E-state index contributed by atoms with van der Waals surface area (Å²) in [6.45, 7) is 0. The summed E-state index contributed by atoms with van der Waals surface area (Å²) < 4.78 is 15.7. The van der Waals surface area contributed by atoms with Gasteiger partial charge in [-0.05, 0) is 54.4 Å². The number of nitrogens with zero attached hydrogens (tertiary/aromatic N) is 2. The van der Waals surface area contributed by atoms with Crippen LogP contribution in [0, 0.1) is 0 Å². The predicted molar refractivity (Wildman–Crippen MR) is 118 cm³/mol. The molecule has 1 aliphatic rings. The molecule has 3 aromatic carbocycles. The molecule has 4 aromatic rings. The molecule has 0 bridgehead atoms. The number of aryl methyl sites for hydroxylation is 1. The molecule has 0 spiro atoms. The van der Waals surface area contributed by atoms with Gasteiger partial charge in [0.05, 0.1) is 20.6 Å². The van der Waals surface area contributed by atoms with Crippen molar-refractivity contribution in [2.24, 2.45) is 0 Å². The molecule has 31 heavy (non-hydrogen) atoms. The predicted octanol–water partition coefficient (Wildman–Crippen LogP) is 2.19. The molecule has 6 heteroatoms. The molecule has 0 aliphatic carbocycles. The zero-order valence-electron chi connectivity index (χ0n) is 17.3. The van der Waals surface area contributed by atoms with Gasteiger partial charge in [0.1, 0.15) is 17.6 Å². The van der Waals surface area contributed by atoms with Gasteiger partial charge in [-0.1, -0.05) is 29.8 Å². The Bertz CT molecular complexity index is 1240. The highest BCUT2D eigenvalue weighted by molar-refractivity contribution is 6.30. The first kappa shape index (κ1) is 21.5. The van der Waals surface area contributed by atoms with Gasteiger partial charge in [0.25, 0.3) is 5.82 Å². The standard InChI is InChI=1S/C25H22ClN2O2.BrH/c1-29-20-12-13-22(24(15-20)30-2)28-23(18-7-10-19(26)11-8-18)16-27-21-6-4-3-5-17(21)9-14-25(27)28;/h3-8,10-13,15-16H,9,14H2,1-2H3;1H/q+1;/p-1. The molecule has 1 aliphatic heterocycles. The highest BCUT2D eigenvalue weighted by Gasteiger charge is 2.32. The first-order valence-electron chi connectivity index (χ1n) is 9.92. The summed E-state index contributed by atoms with van der Waals surface area (Å²) in [5, 5.41) is 0.724. The van der Waals surface area contributed by atoms with Gasteiger partial charge in [0.2, 0.25) is 0 Å². The molecule has 0 saturated heterocycles. The van der Waals surface area contributed by atoms with Gasteiger partial charge in [-0.2, -0.15) is 9.13 Å². The van der Waals surface area contributed by atoms with Gasteiger partial charge in [0, 0.05) is 16.7 Å². The number of benzene rings is 3. The Labute approximate surface area is 197 Å². The minimum absolute atomic E-state index is 0. The molecular formula is C25H22BrClN2O2. The Morgan fingerprint density at radius 2 is 1.68 bits per heavy atom. The molecule has 158 valence electrons. The van der Waals surface area contributed by atoms with Gasteiger partial charge in [-0.25, -0.2) is 0 Å². The number of aromatic nitrogens is 2. The van der Waals surface area contributed by atoms with E-state index >= 15 is 0 Å². The average molecular weight is 498 g/mol. The second-order valence-corrected chi connectivity index (χ2v) is 7.75. The fraction of sp³-hybridized carbons (Fsp3) is 0.160. The highest BCUT2D eigenvalue weighted by atomic mass is 79.9. The van der Waals surface area contributed by atoms with Crippen molar-refractivity contribution in [3.05, 3.63) is 89.3 Å². The number of para-hydroxylation sites is 1. The molecule has 0 amide bonds. The number of hydrogen-bond acceptors (Lipinski definition) is 2. The molecule has 0 radical (unpaired) electrons. The molecule has 0 atom stereocenters. The lowest BCUT2D eigenvalue weighted by Crippen LogP contribution is -3.00. The topological polar surface area (TPSA) is 27.3 Å².